The lowest BCUT2D eigenvalue weighted by molar-refractivity contribution is 0.669. The molecule has 2 heteroatoms. The summed E-state index contributed by atoms with van der Waals surface area (Å²) in [6.45, 7) is 0. The molecule has 1 N–H and O–H groups in total. The average Bonchev–Trinajstić information content (AvgIpc) is 2.75. The summed E-state index contributed by atoms with van der Waals surface area (Å²) in [5.74, 6) is 0. The number of hydrogen-bond acceptors (Lipinski definition) is 2. The van der Waals surface area contributed by atoms with Crippen LogP contribution >= 0.6 is 0 Å². The van der Waals surface area contributed by atoms with Gasteiger partial charge in [-0.2, -0.15) is 0 Å². The molecule has 1 aromatic heterocycles. The van der Waals surface area contributed by atoms with Gasteiger partial charge in [-0.1, -0.05) is 24.3 Å². The van der Waals surface area contributed by atoms with Gasteiger partial charge in [0.25, 0.3) is 0 Å². The van der Waals surface area contributed by atoms with Gasteiger partial charge in [-0.15, -0.1) is 0 Å². The van der Waals surface area contributed by atoms with Crippen molar-refractivity contribution < 1.29 is 4.42 Å². The van der Waals surface area contributed by atoms with Crippen LogP contribution in [0.25, 0.3) is 32.7 Å². The fourth-order valence-corrected chi connectivity index (χ4v) is 2.60. The molecule has 0 amide bonds. The molecule has 0 saturated heterocycles. The van der Waals surface area contributed by atoms with Crippen LogP contribution in [0.5, 0.6) is 0 Å². The Morgan fingerprint density at radius 2 is 1.71 bits per heavy atom. The molecule has 0 radical (unpaired) electrons. The van der Waals surface area contributed by atoms with Crippen molar-refractivity contribution in [1.29, 1.82) is 0 Å². The summed E-state index contributed by atoms with van der Waals surface area (Å²) in [6, 6.07) is 14.7. The minimum absolute atomic E-state index is 0.957. The fraction of sp³-hybridized carbons (Fsp3) is 0.0667. The van der Waals surface area contributed by atoms with Crippen molar-refractivity contribution in [3.05, 3.63) is 42.5 Å². The van der Waals surface area contributed by atoms with Crippen molar-refractivity contribution in [2.45, 2.75) is 0 Å². The van der Waals surface area contributed by atoms with Gasteiger partial charge in [0.05, 0.1) is 0 Å². The Bertz CT molecular complexity index is 828. The largest absolute Gasteiger partial charge is 0.456 e. The Kier molecular flexibility index (Phi) is 1.52. The summed E-state index contributed by atoms with van der Waals surface area (Å²) in [5, 5.41) is 8.10. The number of anilines is 1. The molecule has 0 atom stereocenters. The molecule has 0 aliphatic carbocycles. The van der Waals surface area contributed by atoms with Gasteiger partial charge in [-0.05, 0) is 22.9 Å². The lowest BCUT2D eigenvalue weighted by Crippen LogP contribution is -1.87. The molecule has 3 aromatic carbocycles. The topological polar surface area (TPSA) is 25.2 Å². The molecule has 0 aliphatic heterocycles. The number of benzene rings is 3. The first-order valence-electron chi connectivity index (χ1n) is 5.72. The average molecular weight is 221 g/mol. The van der Waals surface area contributed by atoms with E-state index in [1.165, 1.54) is 21.5 Å². The highest BCUT2D eigenvalue weighted by molar-refractivity contribution is 6.22. The first kappa shape index (κ1) is 8.88. The molecular weight excluding hydrogens is 210 g/mol. The predicted molar refractivity (Wildman–Crippen MR) is 72.0 cm³/mol. The van der Waals surface area contributed by atoms with Crippen LogP contribution in [0, 0.1) is 0 Å². The van der Waals surface area contributed by atoms with Crippen molar-refractivity contribution in [1.82, 2.24) is 0 Å². The first-order chi connectivity index (χ1) is 8.36. The summed E-state index contributed by atoms with van der Waals surface area (Å²) in [4.78, 5) is 0. The Hall–Kier alpha value is -2.22. The number of furan rings is 1. The molecule has 0 spiro atoms. The molecule has 0 unspecified atom stereocenters. The second-order valence-electron chi connectivity index (χ2n) is 4.34. The van der Waals surface area contributed by atoms with Gasteiger partial charge in [-0.25, -0.2) is 0 Å². The van der Waals surface area contributed by atoms with Gasteiger partial charge in [0.2, 0.25) is 0 Å². The van der Waals surface area contributed by atoms with Crippen molar-refractivity contribution >= 4 is 38.4 Å². The van der Waals surface area contributed by atoms with Crippen LogP contribution in [0.1, 0.15) is 0 Å². The quantitative estimate of drug-likeness (QED) is 0.487. The molecule has 0 saturated carbocycles. The normalized spacial score (nSPS) is 11.8. The van der Waals surface area contributed by atoms with E-state index in [1.54, 1.807) is 0 Å². The zero-order chi connectivity index (χ0) is 11.4. The number of rotatable bonds is 1. The van der Waals surface area contributed by atoms with Gasteiger partial charge >= 0.3 is 0 Å². The number of hydrogen-bond donors (Lipinski definition) is 1. The van der Waals surface area contributed by atoms with E-state index in [-0.39, 0.29) is 0 Å². The zero-order valence-electron chi connectivity index (χ0n) is 9.45. The third kappa shape index (κ3) is 1.04. The molecule has 4 rings (SSSR count). The SMILES string of the molecule is CNc1cc2ccc3cccc4oc(c1)c2c34. The maximum atomic E-state index is 5.92. The summed E-state index contributed by atoms with van der Waals surface area (Å²) in [5.41, 5.74) is 3.01. The molecular formula is C15H11NO. The molecule has 0 aliphatic rings. The van der Waals surface area contributed by atoms with Gasteiger partial charge < -0.3 is 9.73 Å². The van der Waals surface area contributed by atoms with Crippen LogP contribution in [0.4, 0.5) is 5.69 Å². The molecule has 82 valence electrons. The van der Waals surface area contributed by atoms with E-state index >= 15 is 0 Å². The lowest BCUT2D eigenvalue weighted by atomic mass is 10.0. The third-order valence-corrected chi connectivity index (χ3v) is 3.39. The minimum Gasteiger partial charge on any atom is -0.456 e. The van der Waals surface area contributed by atoms with E-state index in [2.05, 4.69) is 35.6 Å². The summed E-state index contributed by atoms with van der Waals surface area (Å²) < 4.78 is 5.92. The summed E-state index contributed by atoms with van der Waals surface area (Å²) in [7, 11) is 1.93. The molecule has 17 heavy (non-hydrogen) atoms. The second-order valence-corrected chi connectivity index (χ2v) is 4.34. The maximum absolute atomic E-state index is 5.92. The zero-order valence-corrected chi connectivity index (χ0v) is 9.45. The predicted octanol–water partition coefficient (Wildman–Crippen LogP) is 4.22. The molecule has 4 aromatic rings. The summed E-state index contributed by atoms with van der Waals surface area (Å²) >= 11 is 0. The van der Waals surface area contributed by atoms with Crippen molar-refractivity contribution in [2.75, 3.05) is 12.4 Å². The Labute approximate surface area is 98.2 Å². The van der Waals surface area contributed by atoms with E-state index in [9.17, 15) is 0 Å². The monoisotopic (exact) mass is 221 g/mol. The van der Waals surface area contributed by atoms with Crippen molar-refractivity contribution in [3.8, 4) is 0 Å². The Morgan fingerprint density at radius 3 is 2.59 bits per heavy atom. The van der Waals surface area contributed by atoms with E-state index < -0.39 is 0 Å². The van der Waals surface area contributed by atoms with Crippen LogP contribution in [0.2, 0.25) is 0 Å². The second kappa shape index (κ2) is 2.92. The van der Waals surface area contributed by atoms with E-state index in [4.69, 9.17) is 4.42 Å². The van der Waals surface area contributed by atoms with Crippen molar-refractivity contribution in [3.63, 3.8) is 0 Å². The highest BCUT2D eigenvalue weighted by Gasteiger charge is 2.12. The Morgan fingerprint density at radius 1 is 0.882 bits per heavy atom. The minimum atomic E-state index is 0.957. The summed E-state index contributed by atoms with van der Waals surface area (Å²) in [6.07, 6.45) is 0. The van der Waals surface area contributed by atoms with E-state index in [0.717, 1.165) is 16.9 Å². The smallest absolute Gasteiger partial charge is 0.138 e. The third-order valence-electron chi connectivity index (χ3n) is 3.39. The van der Waals surface area contributed by atoms with Gasteiger partial charge in [0.15, 0.2) is 0 Å². The maximum Gasteiger partial charge on any atom is 0.138 e. The molecule has 1 heterocycles. The lowest BCUT2D eigenvalue weighted by Gasteiger charge is -2.03. The highest BCUT2D eigenvalue weighted by Crippen LogP contribution is 2.38. The standard InChI is InChI=1S/C15H11NO/c1-16-11-7-10-6-5-9-3-2-4-12-14(9)15(10)13(8-11)17-12/h2-8,16H,1H3. The van der Waals surface area contributed by atoms with Crippen LogP contribution in [0.3, 0.4) is 0 Å². The van der Waals surface area contributed by atoms with Crippen LogP contribution in [0.15, 0.2) is 46.9 Å². The van der Waals surface area contributed by atoms with E-state index in [1.807, 2.05) is 19.2 Å². The van der Waals surface area contributed by atoms with E-state index in [0.29, 0.717) is 0 Å². The van der Waals surface area contributed by atoms with Crippen LogP contribution < -0.4 is 5.32 Å². The highest BCUT2D eigenvalue weighted by atomic mass is 16.3. The Balaban J connectivity index is 2.36. The van der Waals surface area contributed by atoms with Gasteiger partial charge in [0, 0.05) is 29.6 Å². The molecule has 0 bridgehead atoms. The first-order valence-corrected chi connectivity index (χ1v) is 5.72. The van der Waals surface area contributed by atoms with Crippen molar-refractivity contribution in [2.24, 2.45) is 0 Å². The van der Waals surface area contributed by atoms with Gasteiger partial charge in [0.1, 0.15) is 11.2 Å². The molecule has 2 nitrogen and oxygen atoms in total. The fourth-order valence-electron chi connectivity index (χ4n) is 2.60. The van der Waals surface area contributed by atoms with Crippen LogP contribution in [-0.4, -0.2) is 7.05 Å². The van der Waals surface area contributed by atoms with Crippen LogP contribution in [-0.2, 0) is 0 Å². The molecule has 0 fully saturated rings. The number of nitrogens with one attached hydrogen (secondary N) is 1. The van der Waals surface area contributed by atoms with Gasteiger partial charge in [-0.3, -0.25) is 0 Å².